The van der Waals surface area contributed by atoms with Crippen LogP contribution in [0, 0.1) is 12.7 Å². The molecule has 1 heterocycles. The number of carbonyl (C=O) groups is 1. The molecule has 1 aromatic heterocycles. The van der Waals surface area contributed by atoms with E-state index in [1.54, 1.807) is 18.5 Å². The highest BCUT2D eigenvalue weighted by molar-refractivity contribution is 7.89. The van der Waals surface area contributed by atoms with Gasteiger partial charge in [0.05, 0.1) is 4.90 Å². The molecule has 0 bridgehead atoms. The zero-order valence-corrected chi connectivity index (χ0v) is 14.9. The highest BCUT2D eigenvalue weighted by Gasteiger charge is 2.18. The molecule has 8 heteroatoms. The van der Waals surface area contributed by atoms with Gasteiger partial charge in [-0.15, -0.1) is 0 Å². The standard InChI is InChI=1S/C17H20FN3O3S/c1-13-10-16(18)5-6-17(13)25(23,24)20-8-9-21(14(2)22)12-15-4-3-7-19-11-15/h3-7,10-11,20H,8-9,12H2,1-2H3. The van der Waals surface area contributed by atoms with Crippen LogP contribution in [0.3, 0.4) is 0 Å². The Balaban J connectivity index is 2.00. The fraction of sp³-hybridized carbons (Fsp3) is 0.294. The summed E-state index contributed by atoms with van der Waals surface area (Å²) >= 11 is 0. The van der Waals surface area contributed by atoms with Crippen LogP contribution >= 0.6 is 0 Å². The summed E-state index contributed by atoms with van der Waals surface area (Å²) in [6, 6.07) is 7.11. The van der Waals surface area contributed by atoms with Crippen molar-refractivity contribution < 1.29 is 17.6 Å². The molecule has 2 aromatic rings. The van der Waals surface area contributed by atoms with Crippen molar-refractivity contribution >= 4 is 15.9 Å². The van der Waals surface area contributed by atoms with Gasteiger partial charge in [-0.3, -0.25) is 9.78 Å². The molecule has 134 valence electrons. The van der Waals surface area contributed by atoms with Gasteiger partial charge >= 0.3 is 0 Å². The van der Waals surface area contributed by atoms with Crippen molar-refractivity contribution in [2.75, 3.05) is 13.1 Å². The summed E-state index contributed by atoms with van der Waals surface area (Å²) in [7, 11) is -3.77. The van der Waals surface area contributed by atoms with E-state index in [9.17, 15) is 17.6 Å². The number of halogens is 1. The molecular weight excluding hydrogens is 345 g/mol. The van der Waals surface area contributed by atoms with Crippen LogP contribution in [0.15, 0.2) is 47.6 Å². The molecule has 0 fully saturated rings. The van der Waals surface area contributed by atoms with Crippen LogP contribution in [0.1, 0.15) is 18.1 Å². The van der Waals surface area contributed by atoms with Crippen LogP contribution in [0.4, 0.5) is 4.39 Å². The van der Waals surface area contributed by atoms with Crippen LogP contribution in [0.2, 0.25) is 0 Å². The van der Waals surface area contributed by atoms with E-state index in [0.717, 1.165) is 11.6 Å². The Morgan fingerprint density at radius 1 is 1.32 bits per heavy atom. The summed E-state index contributed by atoms with van der Waals surface area (Å²) in [6.07, 6.45) is 3.29. The van der Waals surface area contributed by atoms with Gasteiger partial charge in [-0.2, -0.15) is 0 Å². The van der Waals surface area contributed by atoms with E-state index in [2.05, 4.69) is 9.71 Å². The fourth-order valence-electron chi connectivity index (χ4n) is 2.37. The summed E-state index contributed by atoms with van der Waals surface area (Å²) in [6.45, 7) is 3.57. The molecule has 0 aliphatic rings. The van der Waals surface area contributed by atoms with Gasteiger partial charge in [0, 0.05) is 39.0 Å². The Labute approximate surface area is 146 Å². The second-order valence-corrected chi connectivity index (χ2v) is 7.34. The van der Waals surface area contributed by atoms with Crippen LogP contribution in [-0.4, -0.2) is 37.3 Å². The summed E-state index contributed by atoms with van der Waals surface area (Å²) in [5, 5.41) is 0. The van der Waals surface area contributed by atoms with Crippen molar-refractivity contribution in [1.29, 1.82) is 0 Å². The van der Waals surface area contributed by atoms with Gasteiger partial charge in [-0.1, -0.05) is 6.07 Å². The quantitative estimate of drug-likeness (QED) is 0.812. The number of hydrogen-bond donors (Lipinski definition) is 1. The van der Waals surface area contributed by atoms with Crippen molar-refractivity contribution in [2.24, 2.45) is 0 Å². The number of benzene rings is 1. The van der Waals surface area contributed by atoms with E-state index in [-0.39, 0.29) is 23.9 Å². The largest absolute Gasteiger partial charge is 0.337 e. The average molecular weight is 365 g/mol. The van der Waals surface area contributed by atoms with Crippen LogP contribution < -0.4 is 4.72 Å². The van der Waals surface area contributed by atoms with Gasteiger partial charge in [-0.25, -0.2) is 17.5 Å². The SMILES string of the molecule is CC(=O)N(CCNS(=O)(=O)c1ccc(F)cc1C)Cc1cccnc1. The minimum absolute atomic E-state index is 0.0236. The number of aromatic nitrogens is 1. The lowest BCUT2D eigenvalue weighted by Gasteiger charge is -2.21. The maximum atomic E-state index is 13.1. The number of aryl methyl sites for hydroxylation is 1. The van der Waals surface area contributed by atoms with Gasteiger partial charge < -0.3 is 4.90 Å². The van der Waals surface area contributed by atoms with Gasteiger partial charge in [0.15, 0.2) is 0 Å². The lowest BCUT2D eigenvalue weighted by atomic mass is 10.2. The predicted octanol–water partition coefficient (Wildman–Crippen LogP) is 1.86. The first kappa shape index (κ1) is 19.0. The number of pyridine rings is 1. The summed E-state index contributed by atoms with van der Waals surface area (Å²) in [4.78, 5) is 17.3. The Morgan fingerprint density at radius 3 is 2.68 bits per heavy atom. The molecule has 0 radical (unpaired) electrons. The molecular formula is C17H20FN3O3S. The summed E-state index contributed by atoms with van der Waals surface area (Å²) in [5.74, 6) is -0.656. The minimum atomic E-state index is -3.77. The molecule has 6 nitrogen and oxygen atoms in total. The van der Waals surface area contributed by atoms with Crippen molar-refractivity contribution in [3.63, 3.8) is 0 Å². The molecule has 0 unspecified atom stereocenters. The van der Waals surface area contributed by atoms with Gasteiger partial charge in [0.1, 0.15) is 5.82 Å². The third kappa shape index (κ3) is 5.33. The third-order valence-corrected chi connectivity index (χ3v) is 5.26. The zero-order valence-electron chi connectivity index (χ0n) is 14.1. The molecule has 25 heavy (non-hydrogen) atoms. The van der Waals surface area contributed by atoms with Crippen LogP contribution in [0.25, 0.3) is 0 Å². The Kier molecular flexibility index (Phi) is 6.22. The normalized spacial score (nSPS) is 11.3. The number of rotatable bonds is 7. The second kappa shape index (κ2) is 8.17. The average Bonchev–Trinajstić information content (AvgIpc) is 2.54. The van der Waals surface area contributed by atoms with Crippen molar-refractivity contribution in [3.8, 4) is 0 Å². The first-order chi connectivity index (χ1) is 11.8. The highest BCUT2D eigenvalue weighted by Crippen LogP contribution is 2.15. The van der Waals surface area contributed by atoms with E-state index >= 15 is 0 Å². The molecule has 0 saturated carbocycles. The summed E-state index contributed by atoms with van der Waals surface area (Å²) < 4.78 is 40.2. The lowest BCUT2D eigenvalue weighted by molar-refractivity contribution is -0.129. The topological polar surface area (TPSA) is 79.4 Å². The molecule has 1 aromatic carbocycles. The first-order valence-corrected chi connectivity index (χ1v) is 9.18. The molecule has 2 rings (SSSR count). The summed E-state index contributed by atoms with van der Waals surface area (Å²) in [5.41, 5.74) is 1.18. The molecule has 0 aliphatic heterocycles. The molecule has 0 aliphatic carbocycles. The fourth-order valence-corrected chi connectivity index (χ4v) is 3.61. The first-order valence-electron chi connectivity index (χ1n) is 7.70. The number of nitrogens with zero attached hydrogens (tertiary/aromatic N) is 2. The number of carbonyl (C=O) groups excluding carboxylic acids is 1. The van der Waals surface area contributed by atoms with Gasteiger partial charge in [0.2, 0.25) is 15.9 Å². The number of hydrogen-bond acceptors (Lipinski definition) is 4. The molecule has 0 saturated heterocycles. The van der Waals surface area contributed by atoms with Gasteiger partial charge in [0.25, 0.3) is 0 Å². The van der Waals surface area contributed by atoms with E-state index in [1.807, 2.05) is 6.07 Å². The predicted molar refractivity (Wildman–Crippen MR) is 91.7 cm³/mol. The molecule has 1 amide bonds. The minimum Gasteiger partial charge on any atom is -0.337 e. The second-order valence-electron chi connectivity index (χ2n) is 5.61. The van der Waals surface area contributed by atoms with Crippen molar-refractivity contribution in [3.05, 3.63) is 59.7 Å². The Morgan fingerprint density at radius 2 is 2.08 bits per heavy atom. The molecule has 0 spiro atoms. The lowest BCUT2D eigenvalue weighted by Crippen LogP contribution is -2.37. The number of nitrogens with one attached hydrogen (secondary N) is 1. The van der Waals surface area contributed by atoms with Gasteiger partial charge in [-0.05, 0) is 42.3 Å². The Hall–Kier alpha value is -2.32. The van der Waals surface area contributed by atoms with Crippen molar-refractivity contribution in [1.82, 2.24) is 14.6 Å². The molecule has 1 N–H and O–H groups in total. The Bertz CT molecular complexity index is 841. The number of sulfonamides is 1. The molecule has 0 atom stereocenters. The van der Waals surface area contributed by atoms with Crippen molar-refractivity contribution in [2.45, 2.75) is 25.3 Å². The van der Waals surface area contributed by atoms with E-state index in [4.69, 9.17) is 0 Å². The van der Waals surface area contributed by atoms with E-state index in [0.29, 0.717) is 12.1 Å². The smallest absolute Gasteiger partial charge is 0.240 e. The van der Waals surface area contributed by atoms with E-state index < -0.39 is 15.8 Å². The maximum absolute atomic E-state index is 13.1. The third-order valence-electron chi connectivity index (χ3n) is 3.64. The number of amides is 1. The maximum Gasteiger partial charge on any atom is 0.240 e. The van der Waals surface area contributed by atoms with Crippen LogP contribution in [0.5, 0.6) is 0 Å². The van der Waals surface area contributed by atoms with E-state index in [1.165, 1.54) is 30.9 Å². The monoisotopic (exact) mass is 365 g/mol. The zero-order chi connectivity index (χ0) is 18.4. The van der Waals surface area contributed by atoms with Crippen LogP contribution in [-0.2, 0) is 21.4 Å². The highest BCUT2D eigenvalue weighted by atomic mass is 32.2.